The Bertz CT molecular complexity index is 1570. The first-order valence-electron chi connectivity index (χ1n) is 17.5. The molecular formula is C36H45Cl2N5O7. The van der Waals surface area contributed by atoms with Crippen LogP contribution in [-0.2, 0) is 22.4 Å². The van der Waals surface area contributed by atoms with Crippen LogP contribution in [0, 0.1) is 17.8 Å². The van der Waals surface area contributed by atoms with Crippen LogP contribution in [0.3, 0.4) is 0 Å². The molecule has 0 bridgehead atoms. The first-order chi connectivity index (χ1) is 24.0. The average molecular weight is 731 g/mol. The quantitative estimate of drug-likeness (QED) is 0.278. The average Bonchev–Trinajstić information content (AvgIpc) is 3.27. The van der Waals surface area contributed by atoms with E-state index in [9.17, 15) is 29.4 Å². The van der Waals surface area contributed by atoms with Crippen LogP contribution in [0.15, 0.2) is 36.4 Å². The molecule has 3 saturated heterocycles. The molecule has 14 heteroatoms. The van der Waals surface area contributed by atoms with Gasteiger partial charge < -0.3 is 35.3 Å². The van der Waals surface area contributed by atoms with Crippen molar-refractivity contribution in [1.29, 1.82) is 0 Å². The second-order valence-corrected chi connectivity index (χ2v) is 15.0. The summed E-state index contributed by atoms with van der Waals surface area (Å²) in [6.07, 6.45) is 3.93. The zero-order chi connectivity index (χ0) is 35.5. The molecule has 50 heavy (non-hydrogen) atoms. The van der Waals surface area contributed by atoms with Crippen LogP contribution in [-0.4, -0.2) is 117 Å². The number of likely N-dealkylation sites (tertiary alicyclic amines) is 3. The summed E-state index contributed by atoms with van der Waals surface area (Å²) in [5.41, 5.74) is 2.41. The Morgan fingerprint density at radius 2 is 1.52 bits per heavy atom. The largest absolute Gasteiger partial charge is 0.505 e. The Balaban J connectivity index is 1.21. The van der Waals surface area contributed by atoms with Gasteiger partial charge in [0.15, 0.2) is 5.75 Å². The van der Waals surface area contributed by atoms with Gasteiger partial charge >= 0.3 is 18.1 Å². The normalized spacial score (nSPS) is 23.2. The number of anilines is 1. The van der Waals surface area contributed by atoms with Crippen molar-refractivity contribution in [3.63, 3.8) is 0 Å². The molecule has 0 saturated carbocycles. The zero-order valence-electron chi connectivity index (χ0n) is 28.0. The number of phenols is 1. The summed E-state index contributed by atoms with van der Waals surface area (Å²) in [5.74, 6) is -1.10. The molecule has 0 aromatic heterocycles. The fraction of sp³-hybridized carbons (Fsp3) is 0.556. The van der Waals surface area contributed by atoms with Crippen molar-refractivity contribution in [3.05, 3.63) is 57.6 Å². The Labute approximate surface area is 301 Å². The van der Waals surface area contributed by atoms with E-state index in [4.69, 9.17) is 28.3 Å². The number of carbonyl (C=O) groups excluding carboxylic acids is 2. The summed E-state index contributed by atoms with van der Waals surface area (Å²) in [6.45, 7) is 3.30. The number of hydrogen-bond donors (Lipinski definition) is 4. The van der Waals surface area contributed by atoms with E-state index in [-0.39, 0.29) is 59.7 Å². The molecule has 4 amide bonds. The van der Waals surface area contributed by atoms with E-state index in [1.54, 1.807) is 17.0 Å². The summed E-state index contributed by atoms with van der Waals surface area (Å²) >= 11 is 12.6. The lowest BCUT2D eigenvalue weighted by Crippen LogP contribution is -2.59. The van der Waals surface area contributed by atoms with Gasteiger partial charge in [-0.2, -0.15) is 0 Å². The van der Waals surface area contributed by atoms with Gasteiger partial charge in [-0.3, -0.25) is 14.5 Å². The number of rotatable bonds is 8. The smallest absolute Gasteiger partial charge is 0.407 e. The molecule has 4 heterocycles. The van der Waals surface area contributed by atoms with Crippen molar-refractivity contribution in [2.24, 2.45) is 17.8 Å². The fourth-order valence-electron chi connectivity index (χ4n) is 8.60. The van der Waals surface area contributed by atoms with Crippen molar-refractivity contribution < 1.29 is 34.5 Å². The topological polar surface area (TPSA) is 154 Å². The third-order valence-corrected chi connectivity index (χ3v) is 11.8. The van der Waals surface area contributed by atoms with Gasteiger partial charge in [-0.15, -0.1) is 0 Å². The van der Waals surface area contributed by atoms with E-state index in [1.807, 2.05) is 34.1 Å². The summed E-state index contributed by atoms with van der Waals surface area (Å²) in [7, 11) is 0. The minimum atomic E-state index is -1.12. The van der Waals surface area contributed by atoms with Gasteiger partial charge in [-0.05, 0) is 106 Å². The number of amides is 4. The van der Waals surface area contributed by atoms with E-state index in [1.165, 1.54) is 4.90 Å². The zero-order valence-corrected chi connectivity index (χ0v) is 29.5. The van der Waals surface area contributed by atoms with Crippen LogP contribution < -0.4 is 5.32 Å². The Hall–Kier alpha value is -3.74. The van der Waals surface area contributed by atoms with Gasteiger partial charge in [0.25, 0.3) is 0 Å². The minimum Gasteiger partial charge on any atom is -0.505 e. The first-order valence-corrected chi connectivity index (χ1v) is 18.3. The Morgan fingerprint density at radius 3 is 2.16 bits per heavy atom. The number of aliphatic carboxylic acids is 1. The van der Waals surface area contributed by atoms with Gasteiger partial charge in [-0.25, -0.2) is 9.59 Å². The van der Waals surface area contributed by atoms with Gasteiger partial charge in [0.05, 0.1) is 22.5 Å². The number of fused-ring (bicyclic) bond motifs is 1. The number of benzene rings is 2. The van der Waals surface area contributed by atoms with Crippen LogP contribution in [0.5, 0.6) is 5.75 Å². The highest BCUT2D eigenvalue weighted by atomic mass is 35.5. The predicted molar refractivity (Wildman–Crippen MR) is 189 cm³/mol. The second-order valence-electron chi connectivity index (χ2n) is 14.1. The fourth-order valence-corrected chi connectivity index (χ4v) is 9.13. The lowest BCUT2D eigenvalue weighted by molar-refractivity contribution is -0.140. The summed E-state index contributed by atoms with van der Waals surface area (Å²) in [4.78, 5) is 59.0. The number of urea groups is 1. The molecule has 0 spiro atoms. The number of carboxylic acids is 1. The number of nitrogens with zero attached hydrogens (tertiary/aromatic N) is 4. The predicted octanol–water partition coefficient (Wildman–Crippen LogP) is 5.49. The Kier molecular flexibility index (Phi) is 11.3. The molecule has 12 nitrogen and oxygen atoms in total. The molecule has 2 unspecified atom stereocenters. The molecular weight excluding hydrogens is 685 g/mol. The minimum absolute atomic E-state index is 0.0475. The van der Waals surface area contributed by atoms with E-state index >= 15 is 0 Å². The van der Waals surface area contributed by atoms with E-state index in [2.05, 4.69) is 5.32 Å². The third kappa shape index (κ3) is 8.08. The number of carbonyl (C=O) groups is 4. The highest BCUT2D eigenvalue weighted by molar-refractivity contribution is 6.37. The molecule has 4 aliphatic rings. The molecule has 3 atom stereocenters. The summed E-state index contributed by atoms with van der Waals surface area (Å²) in [5, 5.41) is 32.9. The molecule has 2 aromatic carbocycles. The number of aromatic hydroxyl groups is 1. The molecule has 270 valence electrons. The SMILES string of the molecule is O=C(O)CN1CCC(C2CCN(C(=O)C(Cc3cc(Cl)c(O)c(Cl)c3)[C@H]3CC(N4CCc5ccccc5NC4=O)CCN3C(=O)O)CC2)CC1. The lowest BCUT2D eigenvalue weighted by atomic mass is 9.78. The number of carboxylic acid groups (broad SMARTS) is 2. The molecule has 4 N–H and O–H groups in total. The van der Waals surface area contributed by atoms with Crippen molar-refractivity contribution in [2.75, 3.05) is 51.1 Å². The van der Waals surface area contributed by atoms with Crippen LogP contribution in [0.25, 0.3) is 0 Å². The summed E-state index contributed by atoms with van der Waals surface area (Å²) < 4.78 is 0. The Morgan fingerprint density at radius 1 is 0.880 bits per heavy atom. The number of piperidine rings is 3. The number of nitrogens with one attached hydrogen (secondary N) is 1. The molecule has 3 fully saturated rings. The number of para-hydroxylation sites is 1. The molecule has 6 rings (SSSR count). The maximum atomic E-state index is 14.6. The number of halogens is 2. The summed E-state index contributed by atoms with van der Waals surface area (Å²) in [6, 6.07) is 9.57. The van der Waals surface area contributed by atoms with Gasteiger partial charge in [-0.1, -0.05) is 41.4 Å². The highest BCUT2D eigenvalue weighted by Crippen LogP contribution is 2.38. The molecule has 2 aromatic rings. The number of phenolic OH excluding ortho intramolecular Hbond substituents is 1. The van der Waals surface area contributed by atoms with Gasteiger partial charge in [0, 0.05) is 44.0 Å². The van der Waals surface area contributed by atoms with Crippen LogP contribution in [0.1, 0.15) is 49.7 Å². The van der Waals surface area contributed by atoms with E-state index in [0.29, 0.717) is 49.9 Å². The van der Waals surface area contributed by atoms with E-state index < -0.39 is 24.0 Å². The molecule has 0 aliphatic carbocycles. The highest BCUT2D eigenvalue weighted by Gasteiger charge is 2.44. The van der Waals surface area contributed by atoms with Crippen molar-refractivity contribution in [1.82, 2.24) is 19.6 Å². The number of hydrogen-bond acceptors (Lipinski definition) is 6. The maximum Gasteiger partial charge on any atom is 0.407 e. The molecule has 0 radical (unpaired) electrons. The standard InChI is InChI=1S/C36H45Cl2N5O7/c37-28-18-22(19-29(38)33(28)46)17-27(34(47)41-13-7-24(8-14-41)23-5-11-40(12-6-23)21-32(44)45)31-20-26(10-16-43(31)36(49)50)42-15-9-25-3-1-2-4-30(25)39-35(42)48/h1-4,18-19,23-24,26-27,31,46H,5-17,20-21H2,(H,39,48)(H,44,45)(H,49,50)/t26?,27?,31-/m1/s1. The van der Waals surface area contributed by atoms with Crippen LogP contribution in [0.2, 0.25) is 10.0 Å². The van der Waals surface area contributed by atoms with Crippen LogP contribution in [0.4, 0.5) is 15.3 Å². The second kappa shape index (κ2) is 15.7. The van der Waals surface area contributed by atoms with Crippen molar-refractivity contribution >= 4 is 52.9 Å². The van der Waals surface area contributed by atoms with E-state index in [0.717, 1.165) is 50.0 Å². The van der Waals surface area contributed by atoms with Crippen molar-refractivity contribution in [3.8, 4) is 5.75 Å². The monoisotopic (exact) mass is 729 g/mol. The van der Waals surface area contributed by atoms with Gasteiger partial charge in [0.2, 0.25) is 5.91 Å². The first kappa shape index (κ1) is 36.1. The van der Waals surface area contributed by atoms with Crippen LogP contribution >= 0.6 is 23.2 Å². The third-order valence-electron chi connectivity index (χ3n) is 11.3. The van der Waals surface area contributed by atoms with Gasteiger partial charge in [0.1, 0.15) is 0 Å². The molecule has 4 aliphatic heterocycles. The lowest BCUT2D eigenvalue weighted by Gasteiger charge is -2.46. The maximum absolute atomic E-state index is 14.6. The van der Waals surface area contributed by atoms with Crippen molar-refractivity contribution in [2.45, 2.75) is 63.5 Å².